The summed E-state index contributed by atoms with van der Waals surface area (Å²) in [4.78, 5) is 10.8. The largest absolute Gasteiger partial charge is 0.463 e. The van der Waals surface area contributed by atoms with Crippen molar-refractivity contribution in [3.05, 3.63) is 41.0 Å². The Labute approximate surface area is 257 Å². The Morgan fingerprint density at radius 3 is 2.58 bits per heavy atom. The third-order valence-corrected chi connectivity index (χ3v) is 10.7. The molecule has 3 N–H and O–H groups in total. The molecular weight excluding hydrogens is 615 g/mol. The molecule has 2 atom stereocenters. The Hall–Kier alpha value is -3.80. The molecule has 8 nitrogen and oxygen atoms in total. The van der Waals surface area contributed by atoms with Crippen molar-refractivity contribution in [1.29, 1.82) is 5.26 Å². The van der Waals surface area contributed by atoms with Crippen LogP contribution in [0.4, 0.5) is 32.8 Å². The molecule has 4 aromatic rings. The third-order valence-electron chi connectivity index (χ3n) is 9.64. The van der Waals surface area contributed by atoms with Crippen molar-refractivity contribution in [2.45, 2.75) is 56.5 Å². The van der Waals surface area contributed by atoms with Gasteiger partial charge in [0.2, 0.25) is 0 Å². The van der Waals surface area contributed by atoms with E-state index in [1.165, 1.54) is 0 Å². The van der Waals surface area contributed by atoms with Gasteiger partial charge in [0, 0.05) is 46.9 Å². The zero-order chi connectivity index (χ0) is 31.5. The van der Waals surface area contributed by atoms with Gasteiger partial charge in [-0.25, -0.2) is 8.78 Å². The first-order valence-electron chi connectivity index (χ1n) is 14.7. The summed E-state index contributed by atoms with van der Waals surface area (Å²) in [6.45, 7) is 3.70. The van der Waals surface area contributed by atoms with E-state index in [-0.39, 0.29) is 78.7 Å². The van der Waals surface area contributed by atoms with Gasteiger partial charge in [0.05, 0.1) is 34.6 Å². The number of hydrogen-bond acceptors (Lipinski definition) is 9. The Morgan fingerprint density at radius 1 is 1.20 bits per heavy atom. The third kappa shape index (κ3) is 4.42. The highest BCUT2D eigenvalue weighted by Crippen LogP contribution is 2.57. The molecule has 0 radical (unpaired) electrons. The van der Waals surface area contributed by atoms with Crippen molar-refractivity contribution in [2.24, 2.45) is 5.41 Å². The molecule has 0 spiro atoms. The molecule has 5 fully saturated rings. The van der Waals surface area contributed by atoms with E-state index in [4.69, 9.17) is 15.2 Å². The number of fused-ring (bicyclic) bond motifs is 5. The number of anilines is 2. The molecule has 2 aromatic heterocycles. The number of alkyl halides is 3. The number of ether oxygens (including phenoxy) is 2. The zero-order valence-electron chi connectivity index (χ0n) is 24.0. The lowest BCUT2D eigenvalue weighted by Gasteiger charge is -2.41. The van der Waals surface area contributed by atoms with Gasteiger partial charge >= 0.3 is 12.2 Å². The van der Waals surface area contributed by atoms with Crippen LogP contribution in [-0.2, 0) is 10.9 Å². The van der Waals surface area contributed by atoms with Gasteiger partial charge in [-0.3, -0.25) is 0 Å². The number of thiophene rings is 1. The van der Waals surface area contributed by atoms with Gasteiger partial charge in [0.15, 0.2) is 5.82 Å². The van der Waals surface area contributed by atoms with Gasteiger partial charge < -0.3 is 25.4 Å². The van der Waals surface area contributed by atoms with Crippen LogP contribution in [0.3, 0.4) is 0 Å². The molecule has 45 heavy (non-hydrogen) atoms. The van der Waals surface area contributed by atoms with Crippen molar-refractivity contribution in [2.75, 3.05) is 36.9 Å². The van der Waals surface area contributed by atoms with Crippen LogP contribution in [0.2, 0.25) is 0 Å². The number of benzene rings is 2. The van der Waals surface area contributed by atoms with Crippen LogP contribution in [0.1, 0.15) is 43.7 Å². The molecule has 6 heterocycles. The molecule has 4 bridgehead atoms. The summed E-state index contributed by atoms with van der Waals surface area (Å²) in [5.41, 5.74) is 2.51. The first-order valence-corrected chi connectivity index (χ1v) is 15.5. The van der Waals surface area contributed by atoms with E-state index in [1.54, 1.807) is 0 Å². The number of nitrogens with zero attached hydrogens (tertiary/aromatic N) is 4. The Bertz CT molecular complexity index is 1940. The maximum atomic E-state index is 16.9. The molecule has 1 saturated carbocycles. The monoisotopic (exact) mass is 642 g/mol. The number of nitrogen functional groups attached to an aromatic ring is 1. The first kappa shape index (κ1) is 28.7. The fourth-order valence-electron chi connectivity index (χ4n) is 7.89. The smallest absolute Gasteiger partial charge is 0.417 e. The van der Waals surface area contributed by atoms with E-state index in [2.05, 4.69) is 15.3 Å². The lowest BCUT2D eigenvalue weighted by molar-refractivity contribution is -0.137. The fourth-order valence-corrected chi connectivity index (χ4v) is 8.84. The highest BCUT2D eigenvalue weighted by atomic mass is 32.1. The minimum absolute atomic E-state index is 0.0791. The van der Waals surface area contributed by atoms with E-state index >= 15 is 4.39 Å². The minimum atomic E-state index is -5.02. The standard InChI is InChI=1S/C31H27F5N6O2S/c1-29-10-30(11-29,13-44-29)12-43-28-40-24-17(27(41-28)42-8-14-2-3-15(9-42)39-14)6-19(31(34,35)36)22(23(24)33)16-4-5-20(32)25-21(16)18(7-37)26(38)45-25/h4-6,14-15,39H,2-3,8-13,38H2,1H3. The molecule has 14 heteroatoms. The second kappa shape index (κ2) is 9.60. The van der Waals surface area contributed by atoms with E-state index in [0.29, 0.717) is 19.7 Å². The molecule has 2 aromatic carbocycles. The number of nitrogens with two attached hydrogens (primary N) is 1. The van der Waals surface area contributed by atoms with Gasteiger partial charge in [-0.15, -0.1) is 11.3 Å². The van der Waals surface area contributed by atoms with E-state index in [0.717, 1.165) is 55.2 Å². The maximum absolute atomic E-state index is 16.9. The van der Waals surface area contributed by atoms with E-state index in [9.17, 15) is 22.8 Å². The van der Waals surface area contributed by atoms with Crippen LogP contribution < -0.4 is 20.7 Å². The molecule has 4 saturated heterocycles. The normalized spacial score (nSPS) is 27.3. The van der Waals surface area contributed by atoms with Crippen molar-refractivity contribution in [3.63, 3.8) is 0 Å². The topological polar surface area (TPSA) is 109 Å². The van der Waals surface area contributed by atoms with Gasteiger partial charge in [-0.2, -0.15) is 28.4 Å². The van der Waals surface area contributed by atoms with Crippen molar-refractivity contribution >= 4 is 43.1 Å². The molecular formula is C31H27F5N6O2S. The summed E-state index contributed by atoms with van der Waals surface area (Å²) in [7, 11) is 0. The fraction of sp³-hybridized carbons (Fsp3) is 0.452. The Kier molecular flexibility index (Phi) is 6.12. The number of hydrogen-bond donors (Lipinski definition) is 2. The van der Waals surface area contributed by atoms with Crippen LogP contribution in [0.25, 0.3) is 32.1 Å². The molecule has 1 aliphatic carbocycles. The summed E-state index contributed by atoms with van der Waals surface area (Å²) in [6, 6.07) is 4.78. The van der Waals surface area contributed by atoms with Crippen LogP contribution in [0, 0.1) is 28.4 Å². The lowest BCUT2D eigenvalue weighted by atomic mass is 9.64. The van der Waals surface area contributed by atoms with Crippen LogP contribution in [0.15, 0.2) is 18.2 Å². The number of rotatable bonds is 5. The highest BCUT2D eigenvalue weighted by molar-refractivity contribution is 7.23. The average molecular weight is 643 g/mol. The van der Waals surface area contributed by atoms with E-state index in [1.807, 2.05) is 17.9 Å². The van der Waals surface area contributed by atoms with Crippen molar-refractivity contribution in [1.82, 2.24) is 15.3 Å². The number of piperazine rings is 1. The van der Waals surface area contributed by atoms with Crippen molar-refractivity contribution in [3.8, 4) is 23.2 Å². The molecule has 9 rings (SSSR count). The molecule has 2 unspecified atom stereocenters. The molecule has 4 aliphatic heterocycles. The Morgan fingerprint density at radius 2 is 1.93 bits per heavy atom. The quantitative estimate of drug-likeness (QED) is 0.250. The summed E-state index contributed by atoms with van der Waals surface area (Å²) >= 11 is 0.721. The first-order chi connectivity index (χ1) is 21.4. The molecule has 5 aliphatic rings. The van der Waals surface area contributed by atoms with Crippen LogP contribution in [-0.4, -0.2) is 54.0 Å². The number of halogens is 5. The van der Waals surface area contributed by atoms with Gasteiger partial charge in [0.25, 0.3) is 0 Å². The highest BCUT2D eigenvalue weighted by Gasteiger charge is 2.60. The predicted molar refractivity (Wildman–Crippen MR) is 158 cm³/mol. The number of aromatic nitrogens is 2. The molecule has 234 valence electrons. The maximum Gasteiger partial charge on any atom is 0.417 e. The minimum Gasteiger partial charge on any atom is -0.463 e. The van der Waals surface area contributed by atoms with Gasteiger partial charge in [0.1, 0.15) is 28.2 Å². The number of nitrogens with one attached hydrogen (secondary N) is 1. The number of nitriles is 1. The van der Waals surface area contributed by atoms with Crippen LogP contribution in [0.5, 0.6) is 6.01 Å². The van der Waals surface area contributed by atoms with Crippen molar-refractivity contribution < 1.29 is 31.4 Å². The Balaban J connectivity index is 1.35. The predicted octanol–water partition coefficient (Wildman–Crippen LogP) is 6.15. The second-order valence-corrected chi connectivity index (χ2v) is 14.1. The average Bonchev–Trinajstić information content (AvgIpc) is 3.71. The SMILES string of the molecule is CC12CC(COc3nc(N4CC5CCC(C4)N5)c4cc(C(F)(F)F)c(-c5ccc(F)c6sc(N)c(C#N)c56)c(F)c4n3)(CO1)C2. The van der Waals surface area contributed by atoms with Crippen LogP contribution >= 0.6 is 11.3 Å². The zero-order valence-corrected chi connectivity index (χ0v) is 24.8. The van der Waals surface area contributed by atoms with E-state index < -0.39 is 28.9 Å². The summed E-state index contributed by atoms with van der Waals surface area (Å²) < 4.78 is 88.0. The van der Waals surface area contributed by atoms with Gasteiger partial charge in [-0.05, 0) is 50.3 Å². The summed E-state index contributed by atoms with van der Waals surface area (Å²) in [5, 5.41) is 12.9. The second-order valence-electron chi connectivity index (χ2n) is 13.0. The lowest BCUT2D eigenvalue weighted by Crippen LogP contribution is -2.51. The summed E-state index contributed by atoms with van der Waals surface area (Å²) in [6.07, 6.45) is -1.62. The molecule has 0 amide bonds. The van der Waals surface area contributed by atoms with Gasteiger partial charge in [-0.1, -0.05) is 6.07 Å². The summed E-state index contributed by atoms with van der Waals surface area (Å²) in [5.74, 6) is -1.89.